The van der Waals surface area contributed by atoms with E-state index >= 15 is 0 Å². The van der Waals surface area contributed by atoms with Crippen molar-refractivity contribution in [1.29, 1.82) is 0 Å². The lowest BCUT2D eigenvalue weighted by molar-refractivity contribution is 0.102. The number of aliphatic hydroxyl groups is 1. The van der Waals surface area contributed by atoms with Gasteiger partial charge in [0.05, 0.1) is 24.6 Å². The second kappa shape index (κ2) is 10.1. The summed E-state index contributed by atoms with van der Waals surface area (Å²) in [4.78, 5) is 25.7. The van der Waals surface area contributed by atoms with Gasteiger partial charge >= 0.3 is 5.63 Å². The summed E-state index contributed by atoms with van der Waals surface area (Å²) in [6.07, 6.45) is 0. The van der Waals surface area contributed by atoms with Crippen molar-refractivity contribution in [3.63, 3.8) is 0 Å². The van der Waals surface area contributed by atoms with Crippen molar-refractivity contribution in [3.05, 3.63) is 75.1 Å². The van der Waals surface area contributed by atoms with E-state index in [-0.39, 0.29) is 24.4 Å². The number of amides is 1. The predicted octanol–water partition coefficient (Wildman–Crippen LogP) is 4.12. The maximum absolute atomic E-state index is 12.9. The Morgan fingerprint density at radius 2 is 1.87 bits per heavy atom. The first-order chi connectivity index (χ1) is 14.5. The molecular weight excluding hydrogens is 452 g/mol. The third-order valence-corrected chi connectivity index (χ3v) is 4.70. The van der Waals surface area contributed by atoms with Gasteiger partial charge in [-0.15, -0.1) is 0 Å². The number of benzene rings is 2. The topological polar surface area (TPSA) is 101 Å². The standard InChI is InChI=1S/C22H21BrN2O5/c1-2-29-18-6-4-3-5-16(18)25-21(27)20-17(24-11-12-26)13-19(30-22(20)28)14-7-9-15(23)10-8-14/h3-10,13,24,26H,2,11-12H2,1H3,(H,25,27). The van der Waals surface area contributed by atoms with Crippen molar-refractivity contribution in [3.8, 4) is 17.1 Å². The molecule has 1 aromatic heterocycles. The van der Waals surface area contributed by atoms with Crippen LogP contribution in [-0.2, 0) is 0 Å². The quantitative estimate of drug-likeness (QED) is 0.455. The summed E-state index contributed by atoms with van der Waals surface area (Å²) in [5.41, 5.74) is 0.410. The molecule has 3 aromatic rings. The summed E-state index contributed by atoms with van der Waals surface area (Å²) in [5.74, 6) is 0.159. The number of para-hydroxylation sites is 2. The van der Waals surface area contributed by atoms with Gasteiger partial charge in [0, 0.05) is 22.6 Å². The van der Waals surface area contributed by atoms with Crippen LogP contribution in [-0.4, -0.2) is 30.8 Å². The Morgan fingerprint density at radius 3 is 2.57 bits per heavy atom. The van der Waals surface area contributed by atoms with Crippen LogP contribution in [0.1, 0.15) is 17.3 Å². The minimum atomic E-state index is -0.790. The number of carbonyl (C=O) groups is 1. The van der Waals surface area contributed by atoms with Crippen LogP contribution in [0.3, 0.4) is 0 Å². The Labute approximate surface area is 181 Å². The third kappa shape index (κ3) is 5.08. The monoisotopic (exact) mass is 472 g/mol. The molecule has 0 fully saturated rings. The molecule has 1 heterocycles. The van der Waals surface area contributed by atoms with Crippen molar-refractivity contribution in [2.45, 2.75) is 6.92 Å². The molecule has 2 aromatic carbocycles. The van der Waals surface area contributed by atoms with Gasteiger partial charge in [-0.25, -0.2) is 4.79 Å². The first-order valence-corrected chi connectivity index (χ1v) is 10.1. The zero-order valence-electron chi connectivity index (χ0n) is 16.3. The molecule has 3 N–H and O–H groups in total. The van der Waals surface area contributed by atoms with Crippen molar-refractivity contribution in [1.82, 2.24) is 0 Å². The molecule has 3 rings (SSSR count). The first kappa shape index (κ1) is 21.6. The van der Waals surface area contributed by atoms with Crippen LogP contribution in [0.4, 0.5) is 11.4 Å². The molecule has 0 aliphatic heterocycles. The molecule has 0 aliphatic rings. The molecule has 0 spiro atoms. The fourth-order valence-corrected chi connectivity index (χ4v) is 3.10. The van der Waals surface area contributed by atoms with Crippen LogP contribution in [0.15, 0.2) is 68.3 Å². The van der Waals surface area contributed by atoms with Crippen LogP contribution >= 0.6 is 15.9 Å². The number of hydrogen-bond acceptors (Lipinski definition) is 6. The predicted molar refractivity (Wildman–Crippen MR) is 119 cm³/mol. The highest BCUT2D eigenvalue weighted by Crippen LogP contribution is 2.27. The normalized spacial score (nSPS) is 10.5. The average molecular weight is 473 g/mol. The number of anilines is 2. The molecule has 0 bridgehead atoms. The van der Waals surface area contributed by atoms with Gasteiger partial charge in [-0.3, -0.25) is 4.79 Å². The number of halogens is 1. The highest BCUT2D eigenvalue weighted by atomic mass is 79.9. The van der Waals surface area contributed by atoms with E-state index < -0.39 is 11.5 Å². The van der Waals surface area contributed by atoms with Crippen molar-refractivity contribution < 1.29 is 19.1 Å². The van der Waals surface area contributed by atoms with E-state index in [1.165, 1.54) is 0 Å². The Bertz CT molecular complexity index is 1080. The van der Waals surface area contributed by atoms with Crippen molar-refractivity contribution >= 4 is 33.2 Å². The van der Waals surface area contributed by atoms with E-state index in [1.54, 1.807) is 42.5 Å². The van der Waals surface area contributed by atoms with Crippen LogP contribution in [0.2, 0.25) is 0 Å². The smallest absolute Gasteiger partial charge is 0.351 e. The number of rotatable bonds is 8. The number of ether oxygens (including phenoxy) is 1. The maximum atomic E-state index is 12.9. The van der Waals surface area contributed by atoms with Crippen molar-refractivity contribution in [2.24, 2.45) is 0 Å². The van der Waals surface area contributed by atoms with Crippen LogP contribution in [0.5, 0.6) is 5.75 Å². The maximum Gasteiger partial charge on any atom is 0.351 e. The van der Waals surface area contributed by atoms with E-state index in [2.05, 4.69) is 26.6 Å². The summed E-state index contributed by atoms with van der Waals surface area (Å²) in [7, 11) is 0. The molecule has 7 nitrogen and oxygen atoms in total. The lowest BCUT2D eigenvalue weighted by atomic mass is 10.1. The molecular formula is C22H21BrN2O5. The molecule has 1 amide bonds. The van der Waals surface area contributed by atoms with Gasteiger partial charge in [0.1, 0.15) is 17.1 Å². The van der Waals surface area contributed by atoms with Gasteiger partial charge < -0.3 is 24.9 Å². The van der Waals surface area contributed by atoms with E-state index in [0.717, 1.165) is 4.47 Å². The Kier molecular flexibility index (Phi) is 7.26. The number of hydrogen-bond donors (Lipinski definition) is 3. The summed E-state index contributed by atoms with van der Waals surface area (Å²) >= 11 is 3.36. The largest absolute Gasteiger partial charge is 0.492 e. The van der Waals surface area contributed by atoms with Gasteiger partial charge in [0.25, 0.3) is 5.91 Å². The van der Waals surface area contributed by atoms with Gasteiger partial charge in [0.15, 0.2) is 0 Å². The zero-order valence-corrected chi connectivity index (χ0v) is 17.9. The first-order valence-electron chi connectivity index (χ1n) is 9.35. The summed E-state index contributed by atoms with van der Waals surface area (Å²) in [5, 5.41) is 14.8. The fourth-order valence-electron chi connectivity index (χ4n) is 2.83. The second-order valence-corrected chi connectivity index (χ2v) is 7.14. The van der Waals surface area contributed by atoms with Gasteiger partial charge in [0.2, 0.25) is 0 Å². The minimum Gasteiger partial charge on any atom is -0.492 e. The summed E-state index contributed by atoms with van der Waals surface area (Å²) < 4.78 is 11.8. The highest BCUT2D eigenvalue weighted by Gasteiger charge is 2.21. The van der Waals surface area contributed by atoms with Gasteiger partial charge in [-0.05, 0) is 31.2 Å². The zero-order chi connectivity index (χ0) is 21.5. The van der Waals surface area contributed by atoms with Crippen LogP contribution < -0.4 is 21.0 Å². The Balaban J connectivity index is 1.99. The lowest BCUT2D eigenvalue weighted by Crippen LogP contribution is -2.24. The van der Waals surface area contributed by atoms with E-state index in [9.17, 15) is 14.7 Å². The van der Waals surface area contributed by atoms with Crippen molar-refractivity contribution in [2.75, 3.05) is 30.4 Å². The number of aliphatic hydroxyl groups excluding tert-OH is 1. The average Bonchev–Trinajstić information content (AvgIpc) is 2.74. The summed E-state index contributed by atoms with van der Waals surface area (Å²) in [6, 6.07) is 15.7. The highest BCUT2D eigenvalue weighted by molar-refractivity contribution is 9.10. The molecule has 0 unspecified atom stereocenters. The SMILES string of the molecule is CCOc1ccccc1NC(=O)c1c(NCCO)cc(-c2ccc(Br)cc2)oc1=O. The number of carbonyl (C=O) groups excluding carboxylic acids is 1. The molecule has 30 heavy (non-hydrogen) atoms. The third-order valence-electron chi connectivity index (χ3n) is 4.17. The van der Waals surface area contributed by atoms with E-state index in [1.807, 2.05) is 19.1 Å². The van der Waals surface area contributed by atoms with Gasteiger partial charge in [-0.2, -0.15) is 0 Å². The second-order valence-electron chi connectivity index (χ2n) is 6.23. The van der Waals surface area contributed by atoms with Crippen LogP contribution in [0, 0.1) is 0 Å². The minimum absolute atomic E-state index is 0.165. The molecule has 156 valence electrons. The van der Waals surface area contributed by atoms with Crippen LogP contribution in [0.25, 0.3) is 11.3 Å². The molecule has 0 radical (unpaired) electrons. The Morgan fingerprint density at radius 1 is 1.13 bits per heavy atom. The van der Waals surface area contributed by atoms with E-state index in [0.29, 0.717) is 29.4 Å². The molecule has 0 saturated heterocycles. The molecule has 0 aliphatic carbocycles. The fraction of sp³-hybridized carbons (Fsp3) is 0.182. The molecule has 8 heteroatoms. The summed E-state index contributed by atoms with van der Waals surface area (Å²) in [6.45, 7) is 2.27. The Hall–Kier alpha value is -3.10. The number of nitrogens with one attached hydrogen (secondary N) is 2. The molecule has 0 saturated carbocycles. The molecule has 0 atom stereocenters. The van der Waals surface area contributed by atoms with Gasteiger partial charge in [-0.1, -0.05) is 40.2 Å². The lowest BCUT2D eigenvalue weighted by Gasteiger charge is -2.14. The van der Waals surface area contributed by atoms with E-state index in [4.69, 9.17) is 9.15 Å².